The second-order valence-corrected chi connectivity index (χ2v) is 8.45. The molecule has 0 aliphatic rings. The number of rotatable bonds is 6. The van der Waals surface area contributed by atoms with Gasteiger partial charge >= 0.3 is 6.61 Å². The Bertz CT molecular complexity index is 1350. The number of nitrogens with two attached hydrogens (primary N) is 1. The first kappa shape index (κ1) is 20.9. The first-order valence-electron chi connectivity index (χ1n) is 9.22. The van der Waals surface area contributed by atoms with E-state index in [2.05, 4.69) is 14.7 Å². The van der Waals surface area contributed by atoms with Gasteiger partial charge in [0.1, 0.15) is 5.75 Å². The number of nitrogens with zero attached hydrogens (tertiary/aromatic N) is 3. The van der Waals surface area contributed by atoms with Gasteiger partial charge in [0.2, 0.25) is 15.8 Å². The van der Waals surface area contributed by atoms with E-state index in [-0.39, 0.29) is 10.6 Å². The number of ether oxygens (including phenoxy) is 1. The maximum Gasteiger partial charge on any atom is 0.387 e. The second kappa shape index (κ2) is 8.05. The van der Waals surface area contributed by atoms with Gasteiger partial charge in [-0.1, -0.05) is 30.3 Å². The highest BCUT2D eigenvalue weighted by Crippen LogP contribution is 2.26. The number of alkyl halides is 2. The number of benzene rings is 2. The van der Waals surface area contributed by atoms with Crippen molar-refractivity contribution in [3.8, 4) is 16.9 Å². The minimum atomic E-state index is -3.78. The molecule has 2 aromatic carbocycles. The lowest BCUT2D eigenvalue weighted by atomic mass is 10.1. The van der Waals surface area contributed by atoms with Gasteiger partial charge in [-0.2, -0.15) is 8.78 Å². The molecule has 0 radical (unpaired) electrons. The summed E-state index contributed by atoms with van der Waals surface area (Å²) in [6, 6.07) is 12.7. The lowest BCUT2D eigenvalue weighted by molar-refractivity contribution is -0.0504. The third kappa shape index (κ3) is 4.39. The van der Waals surface area contributed by atoms with E-state index in [1.165, 1.54) is 18.2 Å². The zero-order chi connectivity index (χ0) is 22.2. The number of primary sulfonamides is 1. The molecule has 0 fully saturated rings. The Kier molecular flexibility index (Phi) is 5.42. The standard InChI is InChI=1S/C21H18F2N4O3S/c1-13-18(10-15-4-2-3-5-19(15)30-20(22)23)27-12-16(11-25-21(27)26-13)14-6-8-17(9-7-14)31(24,28)29/h2-9,11-12,20H,10H2,1H3,(H2,24,28,29). The van der Waals surface area contributed by atoms with Crippen LogP contribution in [-0.4, -0.2) is 29.4 Å². The lowest BCUT2D eigenvalue weighted by Crippen LogP contribution is -2.11. The van der Waals surface area contributed by atoms with Crippen molar-refractivity contribution in [3.05, 3.63) is 77.9 Å². The molecule has 4 aromatic rings. The van der Waals surface area contributed by atoms with Crippen molar-refractivity contribution in [1.82, 2.24) is 14.4 Å². The fourth-order valence-electron chi connectivity index (χ4n) is 3.33. The third-order valence-corrected chi connectivity index (χ3v) is 5.77. The summed E-state index contributed by atoms with van der Waals surface area (Å²) < 4.78 is 54.9. The van der Waals surface area contributed by atoms with E-state index in [1.807, 2.05) is 13.1 Å². The number of halogens is 2. The smallest absolute Gasteiger partial charge is 0.387 e. The molecule has 0 aliphatic carbocycles. The fourth-order valence-corrected chi connectivity index (χ4v) is 3.85. The van der Waals surface area contributed by atoms with Crippen LogP contribution in [0.25, 0.3) is 16.9 Å². The topological polar surface area (TPSA) is 99.6 Å². The third-order valence-electron chi connectivity index (χ3n) is 4.84. The van der Waals surface area contributed by atoms with Crippen molar-refractivity contribution in [3.63, 3.8) is 0 Å². The Morgan fingerprint density at radius 3 is 2.48 bits per heavy atom. The Labute approximate surface area is 177 Å². The van der Waals surface area contributed by atoms with E-state index in [0.717, 1.165) is 16.8 Å². The van der Waals surface area contributed by atoms with Crippen molar-refractivity contribution >= 4 is 15.8 Å². The summed E-state index contributed by atoms with van der Waals surface area (Å²) in [6.45, 7) is -1.10. The molecule has 0 atom stereocenters. The summed E-state index contributed by atoms with van der Waals surface area (Å²) in [5.74, 6) is 0.569. The van der Waals surface area contributed by atoms with Gasteiger partial charge in [-0.3, -0.25) is 4.40 Å². The number of aryl methyl sites for hydroxylation is 1. The molecule has 4 rings (SSSR count). The van der Waals surface area contributed by atoms with Crippen molar-refractivity contribution in [2.75, 3.05) is 0 Å². The predicted octanol–water partition coefficient (Wildman–Crippen LogP) is 3.54. The Morgan fingerprint density at radius 2 is 1.81 bits per heavy atom. The Hall–Kier alpha value is -3.37. The molecule has 2 aromatic heterocycles. The fraction of sp³-hybridized carbons (Fsp3) is 0.143. The highest BCUT2D eigenvalue weighted by molar-refractivity contribution is 7.89. The SMILES string of the molecule is Cc1nc2ncc(-c3ccc(S(N)(=O)=O)cc3)cn2c1Cc1ccccc1OC(F)F. The second-order valence-electron chi connectivity index (χ2n) is 6.89. The van der Waals surface area contributed by atoms with E-state index in [9.17, 15) is 17.2 Å². The van der Waals surface area contributed by atoms with Gasteiger partial charge in [-0.15, -0.1) is 0 Å². The van der Waals surface area contributed by atoms with Gasteiger partial charge in [-0.05, 0) is 30.7 Å². The normalized spacial score (nSPS) is 11.9. The van der Waals surface area contributed by atoms with Crippen LogP contribution in [0.2, 0.25) is 0 Å². The molecule has 7 nitrogen and oxygen atoms in total. The van der Waals surface area contributed by atoms with Crippen molar-refractivity contribution in [2.24, 2.45) is 5.14 Å². The first-order valence-corrected chi connectivity index (χ1v) is 10.8. The number of fused-ring (bicyclic) bond motifs is 1. The number of hydrogen-bond donors (Lipinski definition) is 1. The van der Waals surface area contributed by atoms with Crippen LogP contribution in [0.15, 0.2) is 65.8 Å². The lowest BCUT2D eigenvalue weighted by Gasteiger charge is -2.11. The molecule has 2 N–H and O–H groups in total. The highest BCUT2D eigenvalue weighted by atomic mass is 32.2. The highest BCUT2D eigenvalue weighted by Gasteiger charge is 2.16. The van der Waals surface area contributed by atoms with Crippen LogP contribution in [0, 0.1) is 6.92 Å². The molecule has 2 heterocycles. The van der Waals surface area contributed by atoms with Crippen LogP contribution in [0.5, 0.6) is 5.75 Å². The minimum absolute atomic E-state index is 0.0140. The molecular weight excluding hydrogens is 426 g/mol. The molecule has 0 amide bonds. The van der Waals surface area contributed by atoms with Crippen molar-refractivity contribution in [2.45, 2.75) is 24.9 Å². The molecular formula is C21H18F2N4O3S. The summed E-state index contributed by atoms with van der Waals surface area (Å²) >= 11 is 0. The van der Waals surface area contributed by atoms with Crippen LogP contribution in [0.3, 0.4) is 0 Å². The summed E-state index contributed by atoms with van der Waals surface area (Å²) in [6.07, 6.45) is 3.76. The maximum atomic E-state index is 12.8. The molecule has 10 heteroatoms. The molecule has 0 saturated heterocycles. The van der Waals surface area contributed by atoms with Crippen molar-refractivity contribution in [1.29, 1.82) is 0 Å². The van der Waals surface area contributed by atoms with E-state index in [0.29, 0.717) is 23.5 Å². The molecule has 0 saturated carbocycles. The number of sulfonamides is 1. The molecule has 0 unspecified atom stereocenters. The van der Waals surface area contributed by atoms with E-state index in [4.69, 9.17) is 5.14 Å². The molecule has 160 valence electrons. The van der Waals surface area contributed by atoms with Gasteiger partial charge in [-0.25, -0.2) is 23.5 Å². The molecule has 0 spiro atoms. The number of imidazole rings is 1. The Morgan fingerprint density at radius 1 is 1.10 bits per heavy atom. The van der Waals surface area contributed by atoms with Gasteiger partial charge in [0.15, 0.2) is 0 Å². The predicted molar refractivity (Wildman–Crippen MR) is 110 cm³/mol. The largest absolute Gasteiger partial charge is 0.435 e. The van der Waals surface area contributed by atoms with Gasteiger partial charge in [0, 0.05) is 29.9 Å². The van der Waals surface area contributed by atoms with E-state index < -0.39 is 16.6 Å². The molecule has 0 bridgehead atoms. The van der Waals surface area contributed by atoms with Gasteiger partial charge in [0.05, 0.1) is 16.3 Å². The summed E-state index contributed by atoms with van der Waals surface area (Å²) in [4.78, 5) is 8.84. The van der Waals surface area contributed by atoms with Crippen LogP contribution in [0.1, 0.15) is 17.0 Å². The average molecular weight is 444 g/mol. The summed E-state index contributed by atoms with van der Waals surface area (Å²) in [5, 5.41) is 5.15. The van der Waals surface area contributed by atoms with Crippen molar-refractivity contribution < 1.29 is 21.9 Å². The minimum Gasteiger partial charge on any atom is -0.435 e. The first-order chi connectivity index (χ1) is 14.7. The van der Waals surface area contributed by atoms with Gasteiger partial charge in [0.25, 0.3) is 0 Å². The number of aromatic nitrogens is 3. The van der Waals surface area contributed by atoms with Crippen LogP contribution >= 0.6 is 0 Å². The van der Waals surface area contributed by atoms with Crippen LogP contribution in [-0.2, 0) is 16.4 Å². The zero-order valence-electron chi connectivity index (χ0n) is 16.4. The number of para-hydroxylation sites is 1. The average Bonchev–Trinajstić information content (AvgIpc) is 3.03. The summed E-state index contributed by atoms with van der Waals surface area (Å²) in [5.41, 5.74) is 3.54. The zero-order valence-corrected chi connectivity index (χ0v) is 17.2. The maximum absolute atomic E-state index is 12.8. The van der Waals surface area contributed by atoms with Crippen LogP contribution in [0.4, 0.5) is 8.78 Å². The molecule has 0 aliphatic heterocycles. The van der Waals surface area contributed by atoms with E-state index >= 15 is 0 Å². The number of hydrogen-bond acceptors (Lipinski definition) is 5. The molecule has 31 heavy (non-hydrogen) atoms. The van der Waals surface area contributed by atoms with E-state index in [1.54, 1.807) is 40.9 Å². The Balaban J connectivity index is 1.74. The van der Waals surface area contributed by atoms with Crippen LogP contribution < -0.4 is 9.88 Å². The quantitative estimate of drug-likeness (QED) is 0.490. The summed E-state index contributed by atoms with van der Waals surface area (Å²) in [7, 11) is -3.78. The monoisotopic (exact) mass is 444 g/mol. The van der Waals surface area contributed by atoms with Gasteiger partial charge < -0.3 is 4.74 Å².